The Morgan fingerprint density at radius 2 is 1.49 bits per heavy atom. The van der Waals surface area contributed by atoms with Crippen LogP contribution >= 0.6 is 15.9 Å². The highest BCUT2D eigenvalue weighted by Gasteiger charge is 2.43. The number of fused-ring (bicyclic) bond motifs is 1. The number of halogens is 1. The zero-order valence-electron chi connectivity index (χ0n) is 21.9. The molecule has 3 aromatic carbocycles. The van der Waals surface area contributed by atoms with Crippen LogP contribution in [0.15, 0.2) is 87.9 Å². The highest BCUT2D eigenvalue weighted by molar-refractivity contribution is 9.10. The SMILES string of the molecule is CN(C)c1ccc(C=C2CCCC3C2=NN(C(=O)c2ccc(Br)cc2)C3c2ccc(N(C)C)cc2)cc1. The lowest BCUT2D eigenvalue weighted by molar-refractivity contribution is 0.0681. The van der Waals surface area contributed by atoms with Crippen LogP contribution in [-0.4, -0.2) is 44.8 Å². The Morgan fingerprint density at radius 3 is 2.08 bits per heavy atom. The van der Waals surface area contributed by atoms with Crippen molar-refractivity contribution in [3.63, 3.8) is 0 Å². The lowest BCUT2D eigenvalue weighted by Crippen LogP contribution is -2.32. The van der Waals surface area contributed by atoms with E-state index in [-0.39, 0.29) is 17.9 Å². The highest BCUT2D eigenvalue weighted by atomic mass is 79.9. The van der Waals surface area contributed by atoms with Crippen molar-refractivity contribution >= 4 is 45.0 Å². The fourth-order valence-corrected chi connectivity index (χ4v) is 5.53. The number of nitrogens with zero attached hydrogens (tertiary/aromatic N) is 4. The summed E-state index contributed by atoms with van der Waals surface area (Å²) in [6.07, 6.45) is 5.32. The van der Waals surface area contributed by atoms with Crippen molar-refractivity contribution in [1.29, 1.82) is 0 Å². The summed E-state index contributed by atoms with van der Waals surface area (Å²) in [7, 11) is 8.18. The molecule has 2 atom stereocenters. The van der Waals surface area contributed by atoms with Crippen molar-refractivity contribution in [2.75, 3.05) is 38.0 Å². The second-order valence-corrected chi connectivity index (χ2v) is 11.1. The number of rotatable bonds is 5. The third-order valence-corrected chi connectivity index (χ3v) is 7.83. The van der Waals surface area contributed by atoms with E-state index in [1.165, 1.54) is 11.3 Å². The van der Waals surface area contributed by atoms with Gasteiger partial charge in [-0.1, -0.05) is 40.2 Å². The largest absolute Gasteiger partial charge is 0.378 e. The molecule has 1 aliphatic carbocycles. The maximum atomic E-state index is 13.8. The summed E-state index contributed by atoms with van der Waals surface area (Å²) in [6, 6.07) is 24.6. The van der Waals surface area contributed by atoms with Crippen LogP contribution in [0.5, 0.6) is 0 Å². The Morgan fingerprint density at radius 1 is 0.892 bits per heavy atom. The van der Waals surface area contributed by atoms with E-state index in [0.717, 1.165) is 46.3 Å². The van der Waals surface area contributed by atoms with Crippen molar-refractivity contribution in [2.24, 2.45) is 11.0 Å². The Bertz CT molecular complexity index is 1330. The monoisotopic (exact) mass is 556 g/mol. The van der Waals surface area contributed by atoms with Gasteiger partial charge in [-0.25, -0.2) is 5.01 Å². The second-order valence-electron chi connectivity index (χ2n) is 10.2. The van der Waals surface area contributed by atoms with Crippen molar-refractivity contribution in [2.45, 2.75) is 25.3 Å². The lowest BCUT2D eigenvalue weighted by atomic mass is 9.77. The first kappa shape index (κ1) is 25.3. The van der Waals surface area contributed by atoms with Crippen LogP contribution in [0.3, 0.4) is 0 Å². The number of hydrogen-bond acceptors (Lipinski definition) is 4. The first-order valence-corrected chi connectivity index (χ1v) is 13.5. The van der Waals surface area contributed by atoms with Gasteiger partial charge in [0.05, 0.1) is 11.8 Å². The van der Waals surface area contributed by atoms with Gasteiger partial charge in [-0.3, -0.25) is 4.79 Å². The van der Waals surface area contributed by atoms with Gasteiger partial charge in [-0.15, -0.1) is 0 Å². The van der Waals surface area contributed by atoms with Crippen molar-refractivity contribution in [3.05, 3.63) is 99.5 Å². The molecule has 6 heteroatoms. The van der Waals surface area contributed by atoms with Crippen LogP contribution in [0.25, 0.3) is 6.08 Å². The van der Waals surface area contributed by atoms with E-state index < -0.39 is 0 Å². The molecule has 0 radical (unpaired) electrons. The number of amides is 1. The number of hydrazone groups is 1. The maximum absolute atomic E-state index is 13.8. The molecule has 5 nitrogen and oxygen atoms in total. The third-order valence-electron chi connectivity index (χ3n) is 7.30. The molecule has 1 aliphatic heterocycles. The molecule has 2 aliphatic rings. The number of anilines is 2. The topological polar surface area (TPSA) is 39.1 Å². The Hall–Kier alpha value is -3.38. The molecule has 2 unspecified atom stereocenters. The predicted octanol–water partition coefficient (Wildman–Crippen LogP) is 7.02. The van der Waals surface area contributed by atoms with Crippen LogP contribution in [0.1, 0.15) is 46.8 Å². The van der Waals surface area contributed by atoms with Crippen molar-refractivity contribution in [3.8, 4) is 0 Å². The number of carbonyl (C=O) groups is 1. The van der Waals surface area contributed by atoms with Crippen LogP contribution in [0.4, 0.5) is 11.4 Å². The average Bonchev–Trinajstić information content (AvgIpc) is 3.30. The molecule has 5 rings (SSSR count). The van der Waals surface area contributed by atoms with Gasteiger partial charge >= 0.3 is 0 Å². The summed E-state index contributed by atoms with van der Waals surface area (Å²) >= 11 is 3.48. The second kappa shape index (κ2) is 10.5. The minimum absolute atomic E-state index is 0.0641. The summed E-state index contributed by atoms with van der Waals surface area (Å²) in [5.74, 6) is 0.108. The third kappa shape index (κ3) is 5.21. The zero-order valence-corrected chi connectivity index (χ0v) is 23.4. The fourth-order valence-electron chi connectivity index (χ4n) is 5.27. The number of benzene rings is 3. The van der Waals surface area contributed by atoms with Gasteiger partial charge < -0.3 is 9.80 Å². The Balaban J connectivity index is 1.54. The van der Waals surface area contributed by atoms with Gasteiger partial charge in [-0.2, -0.15) is 5.10 Å². The molecule has 0 aromatic heterocycles. The normalized spacial score (nSPS) is 20.0. The summed E-state index contributed by atoms with van der Waals surface area (Å²) in [5.41, 5.74) is 7.52. The van der Waals surface area contributed by atoms with E-state index in [1.54, 1.807) is 5.01 Å². The minimum atomic E-state index is -0.123. The molecular formula is C31H33BrN4O. The van der Waals surface area contributed by atoms with Gasteiger partial charge in [0.2, 0.25) is 0 Å². The van der Waals surface area contributed by atoms with Gasteiger partial charge in [0.1, 0.15) is 0 Å². The standard InChI is InChI=1S/C31H33BrN4O/c1-34(2)26-16-8-21(9-17-26)20-24-6-5-7-28-29(24)33-36(31(37)23-10-14-25(32)15-11-23)30(28)22-12-18-27(19-13-22)35(3)4/h8-20,28,30H,5-7H2,1-4H3. The van der Waals surface area contributed by atoms with Crippen LogP contribution in [0.2, 0.25) is 0 Å². The van der Waals surface area contributed by atoms with Gasteiger partial charge in [0, 0.05) is 55.5 Å². The Labute approximate surface area is 228 Å². The minimum Gasteiger partial charge on any atom is -0.378 e. The molecule has 0 spiro atoms. The number of hydrogen-bond donors (Lipinski definition) is 0. The van der Waals surface area contributed by atoms with Gasteiger partial charge in [0.25, 0.3) is 5.91 Å². The molecule has 1 fully saturated rings. The molecule has 190 valence electrons. The summed E-state index contributed by atoms with van der Waals surface area (Å²) in [6.45, 7) is 0. The zero-order chi connectivity index (χ0) is 26.1. The summed E-state index contributed by atoms with van der Waals surface area (Å²) in [5, 5.41) is 6.79. The quantitative estimate of drug-likeness (QED) is 0.339. The van der Waals surface area contributed by atoms with Crippen LogP contribution in [0, 0.1) is 5.92 Å². The lowest BCUT2D eigenvalue weighted by Gasteiger charge is -2.30. The summed E-state index contributed by atoms with van der Waals surface area (Å²) in [4.78, 5) is 18.0. The summed E-state index contributed by atoms with van der Waals surface area (Å²) < 4.78 is 0.951. The van der Waals surface area contributed by atoms with Crippen molar-refractivity contribution < 1.29 is 4.79 Å². The first-order chi connectivity index (χ1) is 17.8. The molecule has 1 amide bonds. The fraction of sp³-hybridized carbons (Fsp3) is 0.290. The molecule has 37 heavy (non-hydrogen) atoms. The molecule has 1 heterocycles. The van der Waals surface area contributed by atoms with Gasteiger partial charge in [-0.05, 0) is 90.6 Å². The van der Waals surface area contributed by atoms with E-state index in [2.05, 4.69) is 94.4 Å². The van der Waals surface area contributed by atoms with Crippen LogP contribution < -0.4 is 9.80 Å². The van der Waals surface area contributed by atoms with E-state index in [9.17, 15) is 4.79 Å². The van der Waals surface area contributed by atoms with E-state index >= 15 is 0 Å². The number of carbonyl (C=O) groups excluding carboxylic acids is 1. The first-order valence-electron chi connectivity index (χ1n) is 12.7. The molecule has 0 bridgehead atoms. The highest BCUT2D eigenvalue weighted by Crippen LogP contribution is 2.45. The molecule has 3 aromatic rings. The smallest absolute Gasteiger partial charge is 0.274 e. The van der Waals surface area contributed by atoms with E-state index in [1.807, 2.05) is 38.4 Å². The molecule has 1 saturated carbocycles. The predicted molar refractivity (Wildman–Crippen MR) is 157 cm³/mol. The average molecular weight is 558 g/mol. The van der Waals surface area contributed by atoms with Crippen molar-refractivity contribution in [1.82, 2.24) is 5.01 Å². The molecule has 0 saturated heterocycles. The van der Waals surface area contributed by atoms with Gasteiger partial charge in [0.15, 0.2) is 0 Å². The Kier molecular flexibility index (Phi) is 7.20. The molecule has 0 N–H and O–H groups in total. The van der Waals surface area contributed by atoms with E-state index in [0.29, 0.717) is 5.56 Å². The van der Waals surface area contributed by atoms with E-state index in [4.69, 9.17) is 5.10 Å². The number of allylic oxidation sites excluding steroid dienone is 1. The molecular weight excluding hydrogens is 524 g/mol. The van der Waals surface area contributed by atoms with Crippen LogP contribution in [-0.2, 0) is 0 Å². The maximum Gasteiger partial charge on any atom is 0.274 e.